The lowest BCUT2D eigenvalue weighted by Gasteiger charge is -2.36. The molecule has 2 aliphatic rings. The Hall–Kier alpha value is -2.69. The summed E-state index contributed by atoms with van der Waals surface area (Å²) in [6.45, 7) is 4.47. The van der Waals surface area contributed by atoms with Crippen LogP contribution in [0.1, 0.15) is 48.8 Å². The summed E-state index contributed by atoms with van der Waals surface area (Å²) in [5, 5.41) is 3.03. The Morgan fingerprint density at radius 1 is 1.14 bits per heavy atom. The van der Waals surface area contributed by atoms with Crippen LogP contribution in [-0.4, -0.2) is 16.7 Å². The molecular formula is C24H28N2O3. The molecule has 4 rings (SSSR count). The highest BCUT2D eigenvalue weighted by atomic mass is 16.5. The van der Waals surface area contributed by atoms with Crippen molar-refractivity contribution >= 4 is 11.7 Å². The molecule has 0 spiro atoms. The van der Waals surface area contributed by atoms with E-state index < -0.39 is 0 Å². The van der Waals surface area contributed by atoms with Crippen molar-refractivity contribution in [1.82, 2.24) is 10.3 Å². The Labute approximate surface area is 171 Å². The number of amides is 1. The van der Waals surface area contributed by atoms with E-state index in [1.165, 1.54) is 0 Å². The zero-order valence-electron chi connectivity index (χ0n) is 17.1. The summed E-state index contributed by atoms with van der Waals surface area (Å²) in [5.74, 6) is 1.95. The van der Waals surface area contributed by atoms with Crippen molar-refractivity contribution in [2.75, 3.05) is 0 Å². The smallest absolute Gasteiger partial charge is 0.223 e. The van der Waals surface area contributed by atoms with E-state index in [0.717, 1.165) is 41.7 Å². The maximum atomic E-state index is 12.6. The molecule has 2 atom stereocenters. The Morgan fingerprint density at radius 2 is 1.90 bits per heavy atom. The molecule has 152 valence electrons. The molecular weight excluding hydrogens is 364 g/mol. The summed E-state index contributed by atoms with van der Waals surface area (Å²) in [6, 6.07) is 9.83. The van der Waals surface area contributed by atoms with Crippen LogP contribution in [-0.2, 0) is 16.1 Å². The number of Topliss-reactive ketones (excluding diaryl/α,β-unsaturated/α-hetero) is 1. The number of ketones is 1. The van der Waals surface area contributed by atoms with Crippen LogP contribution in [0.25, 0.3) is 0 Å². The van der Waals surface area contributed by atoms with Crippen molar-refractivity contribution in [2.24, 2.45) is 17.8 Å². The lowest BCUT2D eigenvalue weighted by atomic mass is 9.67. The number of hydrogen-bond acceptors (Lipinski definition) is 4. The number of pyridine rings is 1. The van der Waals surface area contributed by atoms with Crippen LogP contribution >= 0.6 is 0 Å². The monoisotopic (exact) mass is 392 g/mol. The fraction of sp³-hybridized carbons (Fsp3) is 0.458. The number of nitrogens with one attached hydrogen (secondary N) is 1. The van der Waals surface area contributed by atoms with Crippen molar-refractivity contribution in [2.45, 2.75) is 52.5 Å². The summed E-state index contributed by atoms with van der Waals surface area (Å²) in [6.07, 6.45) is 6.18. The van der Waals surface area contributed by atoms with E-state index in [-0.39, 0.29) is 23.7 Å². The standard InChI is InChI=1S/C24H28N2O3/c1-15-6-7-16(2)21(10-15)29-22-9-8-17(13-25-22)14-26-24(28)20-11-18-4-3-5-19(12-20)23(18)27/h6-10,13,18-20H,3-5,11-12,14H2,1-2H3,(H,26,28). The Morgan fingerprint density at radius 3 is 2.59 bits per heavy atom. The first-order valence-corrected chi connectivity index (χ1v) is 10.5. The third-order valence-corrected chi connectivity index (χ3v) is 6.24. The minimum Gasteiger partial charge on any atom is -0.439 e. The molecule has 2 aromatic rings. The van der Waals surface area contributed by atoms with Crippen LogP contribution in [0, 0.1) is 31.6 Å². The molecule has 1 N–H and O–H groups in total. The number of ether oxygens (including phenoxy) is 1. The number of rotatable bonds is 5. The molecule has 0 saturated heterocycles. The maximum Gasteiger partial charge on any atom is 0.223 e. The van der Waals surface area contributed by atoms with E-state index in [4.69, 9.17) is 4.74 Å². The van der Waals surface area contributed by atoms with Gasteiger partial charge in [0.15, 0.2) is 0 Å². The molecule has 2 bridgehead atoms. The van der Waals surface area contributed by atoms with Crippen LogP contribution in [0.2, 0.25) is 0 Å². The fourth-order valence-corrected chi connectivity index (χ4v) is 4.53. The Kier molecular flexibility index (Phi) is 5.65. The van der Waals surface area contributed by atoms with E-state index in [2.05, 4.69) is 16.4 Å². The number of carbonyl (C=O) groups excluding carboxylic acids is 2. The summed E-state index contributed by atoms with van der Waals surface area (Å²) >= 11 is 0. The second-order valence-corrected chi connectivity index (χ2v) is 8.49. The SMILES string of the molecule is Cc1ccc(C)c(Oc2ccc(CNC(=O)C3CC4CCCC(C3)C4=O)cn2)c1. The molecule has 1 amide bonds. The topological polar surface area (TPSA) is 68.3 Å². The first-order chi connectivity index (χ1) is 14.0. The zero-order valence-corrected chi connectivity index (χ0v) is 17.1. The van der Waals surface area contributed by atoms with Crippen LogP contribution in [0.4, 0.5) is 0 Å². The quantitative estimate of drug-likeness (QED) is 0.813. The highest BCUT2D eigenvalue weighted by Gasteiger charge is 2.41. The molecule has 0 radical (unpaired) electrons. The lowest BCUT2D eigenvalue weighted by Crippen LogP contribution is -2.42. The molecule has 2 saturated carbocycles. The second-order valence-electron chi connectivity index (χ2n) is 8.49. The van der Waals surface area contributed by atoms with E-state index in [9.17, 15) is 9.59 Å². The van der Waals surface area contributed by atoms with Crippen LogP contribution < -0.4 is 10.1 Å². The summed E-state index contributed by atoms with van der Waals surface area (Å²) in [7, 11) is 0. The summed E-state index contributed by atoms with van der Waals surface area (Å²) in [5.41, 5.74) is 3.13. The van der Waals surface area contributed by atoms with Gasteiger partial charge in [0, 0.05) is 36.6 Å². The maximum absolute atomic E-state index is 12.6. The molecule has 1 aromatic heterocycles. The van der Waals surface area contributed by atoms with E-state index in [1.54, 1.807) is 6.20 Å². The number of fused-ring (bicyclic) bond motifs is 2. The largest absolute Gasteiger partial charge is 0.439 e. The average Bonchev–Trinajstić information content (AvgIpc) is 2.70. The van der Waals surface area contributed by atoms with Crippen molar-refractivity contribution in [3.8, 4) is 11.6 Å². The van der Waals surface area contributed by atoms with Gasteiger partial charge in [0.1, 0.15) is 11.5 Å². The van der Waals surface area contributed by atoms with Gasteiger partial charge in [0.25, 0.3) is 0 Å². The van der Waals surface area contributed by atoms with Gasteiger partial charge >= 0.3 is 0 Å². The van der Waals surface area contributed by atoms with Crippen molar-refractivity contribution in [3.05, 3.63) is 53.2 Å². The number of aromatic nitrogens is 1. The van der Waals surface area contributed by atoms with Gasteiger partial charge in [-0.2, -0.15) is 0 Å². The van der Waals surface area contributed by atoms with Gasteiger partial charge in [-0.05, 0) is 62.3 Å². The van der Waals surface area contributed by atoms with Gasteiger partial charge in [-0.15, -0.1) is 0 Å². The third-order valence-electron chi connectivity index (χ3n) is 6.24. The average molecular weight is 392 g/mol. The molecule has 5 heteroatoms. The van der Waals surface area contributed by atoms with Crippen molar-refractivity contribution < 1.29 is 14.3 Å². The third kappa shape index (κ3) is 4.50. The molecule has 29 heavy (non-hydrogen) atoms. The molecule has 1 aromatic carbocycles. The number of nitrogens with zero attached hydrogens (tertiary/aromatic N) is 1. The van der Waals surface area contributed by atoms with E-state index in [0.29, 0.717) is 31.0 Å². The highest BCUT2D eigenvalue weighted by molar-refractivity contribution is 5.88. The van der Waals surface area contributed by atoms with Gasteiger partial charge in [-0.25, -0.2) is 4.98 Å². The summed E-state index contributed by atoms with van der Waals surface area (Å²) in [4.78, 5) is 29.2. The minimum atomic E-state index is -0.0390. The molecule has 0 aliphatic heterocycles. The fourth-order valence-electron chi connectivity index (χ4n) is 4.53. The number of benzene rings is 1. The molecule has 5 nitrogen and oxygen atoms in total. The van der Waals surface area contributed by atoms with E-state index >= 15 is 0 Å². The predicted molar refractivity (Wildman–Crippen MR) is 111 cm³/mol. The minimum absolute atomic E-state index is 0.0390. The van der Waals surface area contributed by atoms with Crippen LogP contribution in [0.5, 0.6) is 11.6 Å². The van der Waals surface area contributed by atoms with Gasteiger partial charge in [0.2, 0.25) is 11.8 Å². The molecule has 2 fully saturated rings. The lowest BCUT2D eigenvalue weighted by molar-refractivity contribution is -0.137. The normalized spacial score (nSPS) is 23.5. The number of aryl methyl sites for hydroxylation is 2. The van der Waals surface area contributed by atoms with Crippen molar-refractivity contribution in [3.63, 3.8) is 0 Å². The predicted octanol–water partition coefficient (Wildman–Crippen LogP) is 4.50. The number of carbonyl (C=O) groups is 2. The van der Waals surface area contributed by atoms with Crippen LogP contribution in [0.15, 0.2) is 36.5 Å². The molecule has 2 aliphatic carbocycles. The highest BCUT2D eigenvalue weighted by Crippen LogP contribution is 2.40. The molecule has 1 heterocycles. The zero-order chi connectivity index (χ0) is 20.4. The van der Waals surface area contributed by atoms with Gasteiger partial charge in [0.05, 0.1) is 0 Å². The number of hydrogen-bond donors (Lipinski definition) is 1. The Balaban J connectivity index is 1.32. The van der Waals surface area contributed by atoms with Crippen LogP contribution in [0.3, 0.4) is 0 Å². The van der Waals surface area contributed by atoms with Gasteiger partial charge in [-0.1, -0.05) is 24.6 Å². The second kappa shape index (κ2) is 8.36. The van der Waals surface area contributed by atoms with E-state index in [1.807, 2.05) is 38.1 Å². The van der Waals surface area contributed by atoms with Gasteiger partial charge in [-0.3, -0.25) is 9.59 Å². The first kappa shape index (κ1) is 19.6. The Bertz CT molecular complexity index is 891. The summed E-state index contributed by atoms with van der Waals surface area (Å²) < 4.78 is 5.89. The first-order valence-electron chi connectivity index (χ1n) is 10.5. The van der Waals surface area contributed by atoms with Gasteiger partial charge < -0.3 is 10.1 Å². The molecule has 2 unspecified atom stereocenters. The van der Waals surface area contributed by atoms with Crippen molar-refractivity contribution in [1.29, 1.82) is 0 Å².